The van der Waals surface area contributed by atoms with Gasteiger partial charge in [-0.1, -0.05) is 12.1 Å². The minimum atomic E-state index is 0.0155. The highest BCUT2D eigenvalue weighted by atomic mass is 16.5. The Morgan fingerprint density at radius 3 is 1.71 bits per heavy atom. The maximum atomic E-state index is 9.63. The molecule has 0 bridgehead atoms. The molecule has 3 aromatic carbocycles. The number of hydrogen-bond acceptors (Lipinski definition) is 5. The molecule has 5 nitrogen and oxygen atoms in total. The average Bonchev–Trinajstić information content (AvgIpc) is 2.78. The van der Waals surface area contributed by atoms with Crippen LogP contribution in [0.3, 0.4) is 0 Å². The van der Waals surface area contributed by atoms with Gasteiger partial charge in [0.25, 0.3) is 0 Å². The summed E-state index contributed by atoms with van der Waals surface area (Å²) >= 11 is 0. The van der Waals surface area contributed by atoms with Crippen LogP contribution in [0.15, 0.2) is 42.5 Å². The molecule has 0 aliphatic carbocycles. The van der Waals surface area contributed by atoms with Crippen LogP contribution in [0.2, 0.25) is 0 Å². The van der Waals surface area contributed by atoms with Gasteiger partial charge in [-0.3, -0.25) is 0 Å². The Balaban J connectivity index is 2.38. The van der Waals surface area contributed by atoms with Crippen LogP contribution < -0.4 is 18.9 Å². The zero-order valence-electron chi connectivity index (χ0n) is 19.0. The highest BCUT2D eigenvalue weighted by Crippen LogP contribution is 2.48. The molecule has 3 rings (SSSR count). The Morgan fingerprint density at radius 1 is 0.677 bits per heavy atom. The second kappa shape index (κ2) is 9.75. The largest absolute Gasteiger partial charge is 0.496 e. The minimum absolute atomic E-state index is 0.0155. The quantitative estimate of drug-likeness (QED) is 0.540. The van der Waals surface area contributed by atoms with Gasteiger partial charge < -0.3 is 24.1 Å². The Labute approximate surface area is 184 Å². The van der Waals surface area contributed by atoms with Crippen molar-refractivity contribution in [2.24, 2.45) is 0 Å². The van der Waals surface area contributed by atoms with Crippen molar-refractivity contribution in [2.75, 3.05) is 35.0 Å². The van der Waals surface area contributed by atoms with E-state index >= 15 is 0 Å². The predicted molar refractivity (Wildman–Crippen MR) is 124 cm³/mol. The summed E-state index contributed by atoms with van der Waals surface area (Å²) in [5.74, 6) is 2.94. The molecule has 3 aromatic rings. The van der Waals surface area contributed by atoms with Gasteiger partial charge in [0.05, 0.1) is 28.4 Å². The van der Waals surface area contributed by atoms with Crippen LogP contribution in [0.1, 0.15) is 16.7 Å². The summed E-state index contributed by atoms with van der Waals surface area (Å²) in [5.41, 5.74) is 6.90. The van der Waals surface area contributed by atoms with Crippen LogP contribution >= 0.6 is 0 Å². The predicted octanol–water partition coefficient (Wildman–Crippen LogP) is 5.21. The molecule has 31 heavy (non-hydrogen) atoms. The van der Waals surface area contributed by atoms with Crippen LogP contribution in [-0.4, -0.2) is 40.2 Å². The SMILES string of the molecule is COc1ccc(-c2cc(CCO)c(OC)c(OC)c2-c2ccc(OC)c(C)c2)cc1C. The molecule has 0 radical (unpaired) electrons. The molecule has 0 unspecified atom stereocenters. The van der Waals surface area contributed by atoms with Gasteiger partial charge in [0.15, 0.2) is 11.5 Å². The number of aliphatic hydroxyl groups excluding tert-OH is 1. The molecule has 0 aromatic heterocycles. The van der Waals surface area contributed by atoms with E-state index in [9.17, 15) is 5.11 Å². The molecule has 0 spiro atoms. The van der Waals surface area contributed by atoms with Crippen LogP contribution in [0.4, 0.5) is 0 Å². The smallest absolute Gasteiger partial charge is 0.169 e. The molecule has 1 N–H and O–H groups in total. The van der Waals surface area contributed by atoms with E-state index in [0.29, 0.717) is 17.9 Å². The third-order valence-corrected chi connectivity index (χ3v) is 5.49. The van der Waals surface area contributed by atoms with Gasteiger partial charge >= 0.3 is 0 Å². The van der Waals surface area contributed by atoms with Crippen molar-refractivity contribution in [3.05, 3.63) is 59.2 Å². The lowest BCUT2D eigenvalue weighted by atomic mass is 9.89. The maximum absolute atomic E-state index is 9.63. The molecule has 164 valence electrons. The van der Waals surface area contributed by atoms with E-state index in [4.69, 9.17) is 18.9 Å². The summed E-state index contributed by atoms with van der Waals surface area (Å²) in [6.45, 7) is 4.06. The number of aliphatic hydroxyl groups is 1. The van der Waals surface area contributed by atoms with Gasteiger partial charge in [-0.15, -0.1) is 0 Å². The second-order valence-electron chi connectivity index (χ2n) is 7.37. The van der Waals surface area contributed by atoms with Gasteiger partial charge in [-0.2, -0.15) is 0 Å². The second-order valence-corrected chi connectivity index (χ2v) is 7.37. The van der Waals surface area contributed by atoms with Crippen LogP contribution in [0, 0.1) is 13.8 Å². The van der Waals surface area contributed by atoms with E-state index in [1.807, 2.05) is 38.1 Å². The van der Waals surface area contributed by atoms with E-state index in [1.165, 1.54) is 0 Å². The lowest BCUT2D eigenvalue weighted by Crippen LogP contribution is -2.03. The first kappa shape index (κ1) is 22.5. The highest BCUT2D eigenvalue weighted by Gasteiger charge is 2.22. The Hall–Kier alpha value is -3.18. The molecule has 5 heteroatoms. The highest BCUT2D eigenvalue weighted by molar-refractivity contribution is 5.91. The third-order valence-electron chi connectivity index (χ3n) is 5.49. The lowest BCUT2D eigenvalue weighted by molar-refractivity contribution is 0.295. The Bertz CT molecular complexity index is 1070. The van der Waals surface area contributed by atoms with Crippen molar-refractivity contribution in [3.8, 4) is 45.3 Å². The van der Waals surface area contributed by atoms with E-state index in [1.54, 1.807) is 28.4 Å². The number of benzene rings is 3. The van der Waals surface area contributed by atoms with Gasteiger partial charge in [0, 0.05) is 17.7 Å². The fraction of sp³-hybridized carbons (Fsp3) is 0.308. The first-order valence-corrected chi connectivity index (χ1v) is 10.2. The summed E-state index contributed by atoms with van der Waals surface area (Å²) in [6.07, 6.45) is 0.462. The van der Waals surface area contributed by atoms with Gasteiger partial charge in [-0.05, 0) is 78.4 Å². The fourth-order valence-electron chi connectivity index (χ4n) is 4.01. The molecule has 0 amide bonds. The van der Waals surface area contributed by atoms with Gasteiger partial charge in [0.1, 0.15) is 11.5 Å². The lowest BCUT2D eigenvalue weighted by Gasteiger charge is -2.22. The topological polar surface area (TPSA) is 57.2 Å². The molecule has 0 saturated heterocycles. The monoisotopic (exact) mass is 422 g/mol. The Morgan fingerprint density at radius 2 is 1.23 bits per heavy atom. The molecule has 0 heterocycles. The molecule has 0 aliphatic heterocycles. The summed E-state index contributed by atoms with van der Waals surface area (Å²) in [4.78, 5) is 0. The molecule has 0 aliphatic rings. The van der Waals surface area contributed by atoms with Crippen molar-refractivity contribution in [1.29, 1.82) is 0 Å². The van der Waals surface area contributed by atoms with Crippen LogP contribution in [0.25, 0.3) is 22.3 Å². The summed E-state index contributed by atoms with van der Waals surface area (Å²) in [6, 6.07) is 14.2. The summed E-state index contributed by atoms with van der Waals surface area (Å²) in [7, 11) is 6.60. The van der Waals surface area contributed by atoms with Crippen molar-refractivity contribution in [3.63, 3.8) is 0 Å². The van der Waals surface area contributed by atoms with E-state index < -0.39 is 0 Å². The normalized spacial score (nSPS) is 10.7. The molecular formula is C26H30O5. The van der Waals surface area contributed by atoms with Crippen molar-refractivity contribution < 1.29 is 24.1 Å². The number of methoxy groups -OCH3 is 4. The standard InChI is InChI=1S/C26H30O5/c1-16-13-18(7-9-22(16)28-3)21-15-20(11-12-27)25(30-5)26(31-6)24(21)19-8-10-23(29-4)17(2)14-19/h7-10,13-15,27H,11-12H2,1-6H3. The summed E-state index contributed by atoms with van der Waals surface area (Å²) in [5, 5.41) is 9.63. The van der Waals surface area contributed by atoms with Crippen molar-refractivity contribution in [1.82, 2.24) is 0 Å². The first-order chi connectivity index (χ1) is 15.0. The minimum Gasteiger partial charge on any atom is -0.496 e. The van der Waals surface area contributed by atoms with Crippen LogP contribution in [-0.2, 0) is 6.42 Å². The van der Waals surface area contributed by atoms with Crippen molar-refractivity contribution >= 4 is 0 Å². The molecular weight excluding hydrogens is 392 g/mol. The van der Waals surface area contributed by atoms with E-state index in [-0.39, 0.29) is 6.61 Å². The zero-order chi connectivity index (χ0) is 22.5. The number of aryl methyl sites for hydroxylation is 2. The fourth-order valence-corrected chi connectivity index (χ4v) is 4.01. The van der Waals surface area contributed by atoms with Crippen molar-refractivity contribution in [2.45, 2.75) is 20.3 Å². The van der Waals surface area contributed by atoms with E-state index in [2.05, 4.69) is 18.2 Å². The Kier molecular flexibility index (Phi) is 7.08. The third kappa shape index (κ3) is 4.32. The summed E-state index contributed by atoms with van der Waals surface area (Å²) < 4.78 is 22.5. The zero-order valence-corrected chi connectivity index (χ0v) is 19.0. The van der Waals surface area contributed by atoms with Gasteiger partial charge in [-0.25, -0.2) is 0 Å². The number of hydrogen-bond donors (Lipinski definition) is 1. The first-order valence-electron chi connectivity index (χ1n) is 10.2. The molecule has 0 saturated carbocycles. The van der Waals surface area contributed by atoms with E-state index in [0.717, 1.165) is 50.4 Å². The van der Waals surface area contributed by atoms with Crippen LogP contribution in [0.5, 0.6) is 23.0 Å². The van der Waals surface area contributed by atoms with Gasteiger partial charge in [0.2, 0.25) is 0 Å². The number of ether oxygens (including phenoxy) is 4. The molecule has 0 atom stereocenters. The number of rotatable bonds is 8. The maximum Gasteiger partial charge on any atom is 0.169 e. The molecule has 0 fully saturated rings. The average molecular weight is 423 g/mol.